The Hall–Kier alpha value is -3.21. The Balaban J connectivity index is 1.74. The van der Waals surface area contributed by atoms with E-state index in [2.05, 4.69) is 20.6 Å². The molecule has 1 amide bonds. The van der Waals surface area contributed by atoms with E-state index in [0.717, 1.165) is 22.5 Å². The summed E-state index contributed by atoms with van der Waals surface area (Å²) in [4.78, 5) is 20.5. The highest BCUT2D eigenvalue weighted by Gasteiger charge is 2.09. The van der Waals surface area contributed by atoms with Gasteiger partial charge in [-0.3, -0.25) is 4.79 Å². The molecule has 0 bridgehead atoms. The molecule has 5 heteroatoms. The van der Waals surface area contributed by atoms with Crippen LogP contribution >= 0.6 is 0 Å². The van der Waals surface area contributed by atoms with Gasteiger partial charge in [-0.25, -0.2) is 9.97 Å². The summed E-state index contributed by atoms with van der Waals surface area (Å²) >= 11 is 0. The standard InChI is InChI=1S/C19H18N4O/c1-13-6-8-15(9-7-13)23-19(24)17-11-18(21-12-20-17)22-16-5-3-4-14(2)10-16/h3-12H,1-2H3,(H,23,24)(H,20,21,22). The second-order valence-electron chi connectivity index (χ2n) is 5.60. The summed E-state index contributed by atoms with van der Waals surface area (Å²) in [7, 11) is 0. The van der Waals surface area contributed by atoms with E-state index in [1.54, 1.807) is 6.07 Å². The molecule has 2 N–H and O–H groups in total. The first kappa shape index (κ1) is 15.7. The van der Waals surface area contributed by atoms with Crippen LogP contribution in [0, 0.1) is 13.8 Å². The van der Waals surface area contributed by atoms with Crippen LogP contribution in [0.1, 0.15) is 21.6 Å². The molecule has 24 heavy (non-hydrogen) atoms. The summed E-state index contributed by atoms with van der Waals surface area (Å²) in [5, 5.41) is 6.01. The molecule has 0 radical (unpaired) electrons. The van der Waals surface area contributed by atoms with E-state index in [1.165, 1.54) is 6.33 Å². The number of nitrogens with one attached hydrogen (secondary N) is 2. The fourth-order valence-corrected chi connectivity index (χ4v) is 2.25. The number of nitrogens with zero attached hydrogens (tertiary/aromatic N) is 2. The Morgan fingerprint density at radius 1 is 0.875 bits per heavy atom. The molecule has 5 nitrogen and oxygen atoms in total. The van der Waals surface area contributed by atoms with E-state index in [0.29, 0.717) is 11.5 Å². The highest BCUT2D eigenvalue weighted by Crippen LogP contribution is 2.16. The van der Waals surface area contributed by atoms with Crippen LogP contribution in [0.4, 0.5) is 17.2 Å². The van der Waals surface area contributed by atoms with Crippen LogP contribution in [0.25, 0.3) is 0 Å². The molecule has 120 valence electrons. The molecule has 0 aliphatic rings. The van der Waals surface area contributed by atoms with E-state index < -0.39 is 0 Å². The van der Waals surface area contributed by atoms with Crippen molar-refractivity contribution in [3.8, 4) is 0 Å². The van der Waals surface area contributed by atoms with Crippen LogP contribution < -0.4 is 10.6 Å². The molecular formula is C19H18N4O. The Kier molecular flexibility index (Phi) is 4.52. The van der Waals surface area contributed by atoms with Gasteiger partial charge in [0.2, 0.25) is 0 Å². The van der Waals surface area contributed by atoms with Crippen LogP contribution in [0.15, 0.2) is 60.9 Å². The minimum Gasteiger partial charge on any atom is -0.340 e. The summed E-state index contributed by atoms with van der Waals surface area (Å²) in [6.45, 7) is 4.02. The number of benzene rings is 2. The third kappa shape index (κ3) is 3.95. The third-order valence-electron chi connectivity index (χ3n) is 3.50. The SMILES string of the molecule is Cc1ccc(NC(=O)c2cc(Nc3cccc(C)c3)ncn2)cc1. The van der Waals surface area contributed by atoms with Gasteiger partial charge in [0.05, 0.1) is 0 Å². The van der Waals surface area contributed by atoms with Gasteiger partial charge in [-0.2, -0.15) is 0 Å². The van der Waals surface area contributed by atoms with Gasteiger partial charge in [0, 0.05) is 17.4 Å². The predicted octanol–water partition coefficient (Wildman–Crippen LogP) is 4.09. The quantitative estimate of drug-likeness (QED) is 0.760. The summed E-state index contributed by atoms with van der Waals surface area (Å²) in [6.07, 6.45) is 1.38. The van der Waals surface area contributed by atoms with E-state index in [9.17, 15) is 4.79 Å². The lowest BCUT2D eigenvalue weighted by Crippen LogP contribution is -2.14. The maximum atomic E-state index is 12.3. The van der Waals surface area contributed by atoms with Crippen molar-refractivity contribution in [2.75, 3.05) is 10.6 Å². The monoisotopic (exact) mass is 318 g/mol. The first-order chi connectivity index (χ1) is 11.6. The molecule has 3 rings (SSSR count). The lowest BCUT2D eigenvalue weighted by atomic mass is 10.2. The highest BCUT2D eigenvalue weighted by atomic mass is 16.1. The summed E-state index contributed by atoms with van der Waals surface area (Å²) in [6, 6.07) is 17.2. The maximum absolute atomic E-state index is 12.3. The molecular weight excluding hydrogens is 300 g/mol. The first-order valence-electron chi connectivity index (χ1n) is 7.64. The van der Waals surface area contributed by atoms with Crippen LogP contribution in [0.2, 0.25) is 0 Å². The minimum atomic E-state index is -0.270. The topological polar surface area (TPSA) is 66.9 Å². The van der Waals surface area contributed by atoms with Crippen molar-refractivity contribution in [2.45, 2.75) is 13.8 Å². The lowest BCUT2D eigenvalue weighted by Gasteiger charge is -2.08. The Bertz CT molecular complexity index is 859. The molecule has 0 spiro atoms. The number of anilines is 3. The molecule has 1 aromatic heterocycles. The van der Waals surface area contributed by atoms with Crippen molar-refractivity contribution in [1.29, 1.82) is 0 Å². The Morgan fingerprint density at radius 3 is 2.42 bits per heavy atom. The molecule has 0 saturated heterocycles. The van der Waals surface area contributed by atoms with Gasteiger partial charge in [-0.05, 0) is 43.7 Å². The van der Waals surface area contributed by atoms with Crippen molar-refractivity contribution in [3.63, 3.8) is 0 Å². The number of hydrogen-bond donors (Lipinski definition) is 2. The van der Waals surface area contributed by atoms with Gasteiger partial charge < -0.3 is 10.6 Å². The predicted molar refractivity (Wildman–Crippen MR) is 95.6 cm³/mol. The van der Waals surface area contributed by atoms with Gasteiger partial charge in [0.25, 0.3) is 5.91 Å². The highest BCUT2D eigenvalue weighted by molar-refractivity contribution is 6.03. The largest absolute Gasteiger partial charge is 0.340 e. The molecule has 0 unspecified atom stereocenters. The second kappa shape index (κ2) is 6.91. The van der Waals surface area contributed by atoms with Crippen LogP contribution in [0.3, 0.4) is 0 Å². The molecule has 0 fully saturated rings. The molecule has 2 aromatic carbocycles. The Labute approximate surface area is 140 Å². The minimum absolute atomic E-state index is 0.270. The fourth-order valence-electron chi connectivity index (χ4n) is 2.25. The van der Waals surface area contributed by atoms with Gasteiger partial charge in [-0.15, -0.1) is 0 Å². The number of carbonyl (C=O) groups is 1. The zero-order valence-corrected chi connectivity index (χ0v) is 13.6. The number of amides is 1. The van der Waals surface area contributed by atoms with Crippen LogP contribution in [-0.4, -0.2) is 15.9 Å². The van der Waals surface area contributed by atoms with Crippen molar-refractivity contribution in [1.82, 2.24) is 9.97 Å². The van der Waals surface area contributed by atoms with Crippen LogP contribution in [-0.2, 0) is 0 Å². The summed E-state index contributed by atoms with van der Waals surface area (Å²) in [5.41, 5.74) is 4.24. The fraction of sp³-hybridized carbons (Fsp3) is 0.105. The molecule has 0 aliphatic heterocycles. The van der Waals surface area contributed by atoms with E-state index >= 15 is 0 Å². The Morgan fingerprint density at radius 2 is 1.67 bits per heavy atom. The number of aromatic nitrogens is 2. The van der Waals surface area contributed by atoms with E-state index in [-0.39, 0.29) is 5.91 Å². The average molecular weight is 318 g/mol. The number of rotatable bonds is 4. The van der Waals surface area contributed by atoms with Gasteiger partial charge >= 0.3 is 0 Å². The maximum Gasteiger partial charge on any atom is 0.274 e. The van der Waals surface area contributed by atoms with Crippen molar-refractivity contribution in [3.05, 3.63) is 77.7 Å². The zero-order chi connectivity index (χ0) is 16.9. The van der Waals surface area contributed by atoms with E-state index in [4.69, 9.17) is 0 Å². The van der Waals surface area contributed by atoms with Crippen molar-refractivity contribution >= 4 is 23.1 Å². The van der Waals surface area contributed by atoms with E-state index in [1.807, 2.05) is 62.4 Å². The zero-order valence-electron chi connectivity index (χ0n) is 13.6. The van der Waals surface area contributed by atoms with Gasteiger partial charge in [0.1, 0.15) is 17.8 Å². The number of aryl methyl sites for hydroxylation is 2. The van der Waals surface area contributed by atoms with Crippen molar-refractivity contribution < 1.29 is 4.79 Å². The molecule has 1 heterocycles. The second-order valence-corrected chi connectivity index (χ2v) is 5.60. The molecule has 0 atom stereocenters. The normalized spacial score (nSPS) is 10.2. The smallest absolute Gasteiger partial charge is 0.274 e. The number of hydrogen-bond acceptors (Lipinski definition) is 4. The van der Waals surface area contributed by atoms with Crippen LogP contribution in [0.5, 0.6) is 0 Å². The van der Waals surface area contributed by atoms with Crippen molar-refractivity contribution in [2.24, 2.45) is 0 Å². The summed E-state index contributed by atoms with van der Waals surface area (Å²) in [5.74, 6) is 0.304. The third-order valence-corrected chi connectivity index (χ3v) is 3.50. The first-order valence-corrected chi connectivity index (χ1v) is 7.64. The molecule has 3 aromatic rings. The van der Waals surface area contributed by atoms with Gasteiger partial charge in [-0.1, -0.05) is 29.8 Å². The lowest BCUT2D eigenvalue weighted by molar-refractivity contribution is 0.102. The van der Waals surface area contributed by atoms with Gasteiger partial charge in [0.15, 0.2) is 0 Å². The summed E-state index contributed by atoms with van der Waals surface area (Å²) < 4.78 is 0. The number of carbonyl (C=O) groups excluding carboxylic acids is 1. The molecule has 0 saturated carbocycles. The average Bonchev–Trinajstić information content (AvgIpc) is 2.57. The molecule has 0 aliphatic carbocycles.